The number of nitrogens with one attached hydrogen (secondary N) is 1. The maximum Gasteiger partial charge on any atom is -0.00437 e. The SMILES string of the molecule is CCNCCC12CC3CC(CC(C3)C1)C2. The first-order chi connectivity index (χ1) is 7.30. The molecule has 4 rings (SSSR count). The molecule has 0 radical (unpaired) electrons. The minimum atomic E-state index is 0.789. The van der Waals surface area contributed by atoms with Crippen LogP contribution in [-0.2, 0) is 0 Å². The van der Waals surface area contributed by atoms with Crippen molar-refractivity contribution < 1.29 is 0 Å². The molecule has 4 saturated carbocycles. The average Bonchev–Trinajstić information content (AvgIpc) is 2.15. The van der Waals surface area contributed by atoms with Gasteiger partial charge in [0.25, 0.3) is 0 Å². The first-order valence-corrected chi connectivity index (χ1v) is 7.00. The van der Waals surface area contributed by atoms with Crippen LogP contribution >= 0.6 is 0 Å². The zero-order valence-corrected chi connectivity index (χ0v) is 10.1. The predicted octanol–water partition coefficient (Wildman–Crippen LogP) is 3.20. The van der Waals surface area contributed by atoms with Crippen LogP contribution in [0.1, 0.15) is 51.9 Å². The van der Waals surface area contributed by atoms with Gasteiger partial charge in [0.15, 0.2) is 0 Å². The van der Waals surface area contributed by atoms with E-state index in [0.29, 0.717) is 0 Å². The van der Waals surface area contributed by atoms with Crippen LogP contribution in [0.25, 0.3) is 0 Å². The fourth-order valence-electron chi connectivity index (χ4n) is 5.13. The Morgan fingerprint density at radius 1 is 1.00 bits per heavy atom. The number of rotatable bonds is 4. The summed E-state index contributed by atoms with van der Waals surface area (Å²) in [5.74, 6) is 3.37. The van der Waals surface area contributed by atoms with E-state index in [4.69, 9.17) is 0 Å². The average molecular weight is 207 g/mol. The van der Waals surface area contributed by atoms with Gasteiger partial charge in [0, 0.05) is 0 Å². The Morgan fingerprint density at radius 3 is 2.00 bits per heavy atom. The Balaban J connectivity index is 1.65. The molecule has 0 aromatic rings. The smallest absolute Gasteiger partial charge is 0.00437 e. The molecule has 1 nitrogen and oxygen atoms in total. The van der Waals surface area contributed by atoms with Crippen molar-refractivity contribution >= 4 is 0 Å². The van der Waals surface area contributed by atoms with Crippen molar-refractivity contribution in [2.75, 3.05) is 13.1 Å². The third-order valence-electron chi connectivity index (χ3n) is 5.25. The topological polar surface area (TPSA) is 12.0 Å². The van der Waals surface area contributed by atoms with E-state index in [1.54, 1.807) is 38.5 Å². The lowest BCUT2D eigenvalue weighted by molar-refractivity contribution is -0.0566. The minimum Gasteiger partial charge on any atom is -0.317 e. The highest BCUT2D eigenvalue weighted by Crippen LogP contribution is 2.61. The second-order valence-electron chi connectivity index (χ2n) is 6.52. The van der Waals surface area contributed by atoms with Crippen molar-refractivity contribution in [3.63, 3.8) is 0 Å². The van der Waals surface area contributed by atoms with Gasteiger partial charge in [-0.25, -0.2) is 0 Å². The molecule has 0 unspecified atom stereocenters. The highest BCUT2D eigenvalue weighted by atomic mass is 14.8. The Kier molecular flexibility index (Phi) is 2.54. The van der Waals surface area contributed by atoms with Crippen LogP contribution in [0.4, 0.5) is 0 Å². The van der Waals surface area contributed by atoms with E-state index in [1.165, 1.54) is 13.0 Å². The highest BCUT2D eigenvalue weighted by molar-refractivity contribution is 5.01. The highest BCUT2D eigenvalue weighted by Gasteiger charge is 2.50. The molecule has 4 fully saturated rings. The van der Waals surface area contributed by atoms with Crippen molar-refractivity contribution in [1.29, 1.82) is 0 Å². The van der Waals surface area contributed by atoms with Gasteiger partial charge in [-0.2, -0.15) is 0 Å². The summed E-state index contributed by atoms with van der Waals surface area (Å²) in [6, 6.07) is 0. The van der Waals surface area contributed by atoms with E-state index in [0.717, 1.165) is 29.7 Å². The molecular formula is C14H25N. The van der Waals surface area contributed by atoms with E-state index in [2.05, 4.69) is 12.2 Å². The van der Waals surface area contributed by atoms with Crippen molar-refractivity contribution in [1.82, 2.24) is 5.32 Å². The predicted molar refractivity (Wildman–Crippen MR) is 63.8 cm³/mol. The molecule has 4 aliphatic rings. The van der Waals surface area contributed by atoms with Gasteiger partial charge in [0.1, 0.15) is 0 Å². The molecule has 4 bridgehead atoms. The summed E-state index contributed by atoms with van der Waals surface area (Å²) in [5, 5.41) is 3.52. The third-order valence-corrected chi connectivity index (χ3v) is 5.25. The van der Waals surface area contributed by atoms with Crippen molar-refractivity contribution in [2.45, 2.75) is 51.9 Å². The summed E-state index contributed by atoms with van der Waals surface area (Å²) in [4.78, 5) is 0. The maximum atomic E-state index is 3.52. The molecule has 0 aliphatic heterocycles. The zero-order chi connectivity index (χ0) is 10.3. The van der Waals surface area contributed by atoms with Gasteiger partial charge < -0.3 is 5.32 Å². The van der Waals surface area contributed by atoms with Crippen molar-refractivity contribution in [3.8, 4) is 0 Å². The first kappa shape index (κ1) is 10.1. The standard InChI is InChI=1S/C14H25N/c1-2-15-4-3-14-8-11-5-12(9-14)7-13(6-11)10-14/h11-13,15H,2-10H2,1H3. The van der Waals surface area contributed by atoms with E-state index in [1.807, 2.05) is 0 Å². The lowest BCUT2D eigenvalue weighted by atomic mass is 9.49. The molecule has 0 aromatic carbocycles. The van der Waals surface area contributed by atoms with Gasteiger partial charge in [-0.1, -0.05) is 6.92 Å². The molecule has 0 atom stereocenters. The Labute approximate surface area is 94.0 Å². The largest absolute Gasteiger partial charge is 0.317 e. The van der Waals surface area contributed by atoms with Gasteiger partial charge >= 0.3 is 0 Å². The Morgan fingerprint density at radius 2 is 1.53 bits per heavy atom. The number of hydrogen-bond donors (Lipinski definition) is 1. The zero-order valence-electron chi connectivity index (χ0n) is 10.1. The molecule has 4 aliphatic carbocycles. The molecule has 86 valence electrons. The lowest BCUT2D eigenvalue weighted by Gasteiger charge is -2.57. The third kappa shape index (κ3) is 1.84. The van der Waals surface area contributed by atoms with Gasteiger partial charge in [-0.05, 0) is 81.2 Å². The van der Waals surface area contributed by atoms with E-state index in [-0.39, 0.29) is 0 Å². The summed E-state index contributed by atoms with van der Waals surface area (Å²) in [7, 11) is 0. The summed E-state index contributed by atoms with van der Waals surface area (Å²) < 4.78 is 0. The van der Waals surface area contributed by atoms with Crippen LogP contribution in [0.5, 0.6) is 0 Å². The summed E-state index contributed by atoms with van der Waals surface area (Å²) in [6.07, 6.45) is 10.9. The van der Waals surface area contributed by atoms with Crippen molar-refractivity contribution in [3.05, 3.63) is 0 Å². The Bertz CT molecular complexity index is 198. The fraction of sp³-hybridized carbons (Fsp3) is 1.00. The minimum absolute atomic E-state index is 0.789. The van der Waals surface area contributed by atoms with Crippen LogP contribution in [0.2, 0.25) is 0 Å². The van der Waals surface area contributed by atoms with E-state index in [9.17, 15) is 0 Å². The summed E-state index contributed by atoms with van der Waals surface area (Å²) in [5.41, 5.74) is 0.789. The number of hydrogen-bond acceptors (Lipinski definition) is 1. The molecule has 1 heteroatoms. The van der Waals surface area contributed by atoms with Crippen LogP contribution in [-0.4, -0.2) is 13.1 Å². The molecular weight excluding hydrogens is 182 g/mol. The maximum absolute atomic E-state index is 3.52. The van der Waals surface area contributed by atoms with Crippen LogP contribution in [0.3, 0.4) is 0 Å². The molecule has 0 heterocycles. The molecule has 0 spiro atoms. The summed E-state index contributed by atoms with van der Waals surface area (Å²) in [6.45, 7) is 4.63. The first-order valence-electron chi connectivity index (χ1n) is 7.00. The second kappa shape index (κ2) is 3.76. The molecule has 0 aromatic heterocycles. The summed E-state index contributed by atoms with van der Waals surface area (Å²) >= 11 is 0. The van der Waals surface area contributed by atoms with Crippen LogP contribution in [0.15, 0.2) is 0 Å². The monoisotopic (exact) mass is 207 g/mol. The van der Waals surface area contributed by atoms with Gasteiger partial charge in [0.05, 0.1) is 0 Å². The van der Waals surface area contributed by atoms with Crippen molar-refractivity contribution in [2.24, 2.45) is 23.2 Å². The lowest BCUT2D eigenvalue weighted by Crippen LogP contribution is -2.47. The van der Waals surface area contributed by atoms with Crippen LogP contribution in [0, 0.1) is 23.2 Å². The molecule has 0 saturated heterocycles. The fourth-order valence-corrected chi connectivity index (χ4v) is 5.13. The van der Waals surface area contributed by atoms with E-state index < -0.39 is 0 Å². The molecule has 1 N–H and O–H groups in total. The Hall–Kier alpha value is -0.0400. The van der Waals surface area contributed by atoms with Gasteiger partial charge in [-0.3, -0.25) is 0 Å². The normalized spacial score (nSPS) is 47.4. The van der Waals surface area contributed by atoms with Gasteiger partial charge in [-0.15, -0.1) is 0 Å². The van der Waals surface area contributed by atoms with Gasteiger partial charge in [0.2, 0.25) is 0 Å². The molecule has 15 heavy (non-hydrogen) atoms. The van der Waals surface area contributed by atoms with E-state index >= 15 is 0 Å². The second-order valence-corrected chi connectivity index (χ2v) is 6.52. The van der Waals surface area contributed by atoms with Crippen LogP contribution < -0.4 is 5.32 Å². The quantitative estimate of drug-likeness (QED) is 0.698. The molecule has 0 amide bonds.